The molecule has 0 aliphatic carbocycles. The van der Waals surface area contributed by atoms with E-state index >= 15 is 0 Å². The van der Waals surface area contributed by atoms with Gasteiger partial charge in [-0.05, 0) is 11.8 Å². The maximum atomic E-state index is 11.3. The molecule has 86 valence electrons. The highest BCUT2D eigenvalue weighted by Gasteiger charge is 2.18. The zero-order valence-electron chi connectivity index (χ0n) is 10.0. The monoisotopic (exact) mass is 210 g/mol. The summed E-state index contributed by atoms with van der Waals surface area (Å²) in [6.45, 7) is 7.47. The van der Waals surface area contributed by atoms with E-state index in [1.54, 1.807) is 10.8 Å². The first-order valence-corrected chi connectivity index (χ1v) is 5.79. The van der Waals surface area contributed by atoms with Crippen LogP contribution in [0.4, 0.5) is 0 Å². The normalized spacial score (nSPS) is 11.9. The van der Waals surface area contributed by atoms with E-state index in [9.17, 15) is 4.79 Å². The van der Waals surface area contributed by atoms with Crippen LogP contribution in [0.5, 0.6) is 0 Å². The van der Waals surface area contributed by atoms with Crippen LogP contribution in [0.15, 0.2) is 17.2 Å². The average Bonchev–Trinajstić information content (AvgIpc) is 2.51. The van der Waals surface area contributed by atoms with E-state index < -0.39 is 0 Å². The van der Waals surface area contributed by atoms with Gasteiger partial charge in [0.25, 0.3) is 0 Å². The van der Waals surface area contributed by atoms with Gasteiger partial charge in [0.1, 0.15) is 0 Å². The smallest absolute Gasteiger partial charge is 0.313 e. The van der Waals surface area contributed by atoms with E-state index in [2.05, 4.69) is 25.8 Å². The standard InChI is InChI=1S/C12H22N2O/c1-4-5-6-7-12(2,3)10-14-9-8-13-11(14)15/h8-9H,4-7,10H2,1-3H3,(H,13,15). The fraction of sp³-hybridized carbons (Fsp3) is 0.750. The van der Waals surface area contributed by atoms with Crippen molar-refractivity contribution in [3.63, 3.8) is 0 Å². The van der Waals surface area contributed by atoms with Gasteiger partial charge in [0, 0.05) is 18.9 Å². The molecule has 1 rings (SSSR count). The van der Waals surface area contributed by atoms with E-state index in [4.69, 9.17) is 0 Å². The number of H-pyrrole nitrogens is 1. The van der Waals surface area contributed by atoms with Gasteiger partial charge in [-0.1, -0.05) is 40.0 Å². The molecular weight excluding hydrogens is 188 g/mol. The number of nitrogens with zero attached hydrogens (tertiary/aromatic N) is 1. The van der Waals surface area contributed by atoms with Crippen LogP contribution in [0, 0.1) is 5.41 Å². The van der Waals surface area contributed by atoms with Gasteiger partial charge >= 0.3 is 5.69 Å². The van der Waals surface area contributed by atoms with Crippen molar-refractivity contribution >= 4 is 0 Å². The molecule has 1 aromatic heterocycles. The first kappa shape index (κ1) is 12.1. The molecule has 3 nitrogen and oxygen atoms in total. The summed E-state index contributed by atoms with van der Waals surface area (Å²) in [4.78, 5) is 14.0. The van der Waals surface area contributed by atoms with Gasteiger partial charge in [0.05, 0.1) is 0 Å². The molecule has 0 spiro atoms. The molecule has 0 fully saturated rings. The van der Waals surface area contributed by atoms with Gasteiger partial charge in [-0.2, -0.15) is 0 Å². The molecule has 0 saturated heterocycles. The predicted octanol–water partition coefficient (Wildman–Crippen LogP) is 2.78. The molecule has 0 radical (unpaired) electrons. The molecule has 0 aliphatic heterocycles. The van der Waals surface area contributed by atoms with Crippen LogP contribution < -0.4 is 5.69 Å². The lowest BCUT2D eigenvalue weighted by Gasteiger charge is -2.24. The van der Waals surface area contributed by atoms with Crippen LogP contribution in [0.25, 0.3) is 0 Å². The van der Waals surface area contributed by atoms with Crippen molar-refractivity contribution < 1.29 is 0 Å². The van der Waals surface area contributed by atoms with E-state index in [1.807, 2.05) is 6.20 Å². The van der Waals surface area contributed by atoms with Gasteiger partial charge in [-0.25, -0.2) is 4.79 Å². The molecule has 1 heterocycles. The number of rotatable bonds is 6. The van der Waals surface area contributed by atoms with Crippen LogP contribution in [0.1, 0.15) is 46.5 Å². The Hall–Kier alpha value is -0.990. The highest BCUT2D eigenvalue weighted by Crippen LogP contribution is 2.25. The Morgan fingerprint density at radius 1 is 1.40 bits per heavy atom. The maximum Gasteiger partial charge on any atom is 0.325 e. The second-order valence-corrected chi connectivity index (χ2v) is 5.01. The van der Waals surface area contributed by atoms with Crippen molar-refractivity contribution in [1.29, 1.82) is 0 Å². The second kappa shape index (κ2) is 5.19. The number of aromatic nitrogens is 2. The van der Waals surface area contributed by atoms with Crippen molar-refractivity contribution in [2.24, 2.45) is 5.41 Å². The van der Waals surface area contributed by atoms with Gasteiger partial charge in [0.15, 0.2) is 0 Å². The number of hydrogen-bond donors (Lipinski definition) is 1. The Morgan fingerprint density at radius 3 is 2.67 bits per heavy atom. The highest BCUT2D eigenvalue weighted by atomic mass is 16.1. The zero-order valence-corrected chi connectivity index (χ0v) is 10.0. The average molecular weight is 210 g/mol. The maximum absolute atomic E-state index is 11.3. The van der Waals surface area contributed by atoms with E-state index in [-0.39, 0.29) is 11.1 Å². The minimum Gasteiger partial charge on any atom is -0.313 e. The van der Waals surface area contributed by atoms with Crippen molar-refractivity contribution in [3.8, 4) is 0 Å². The SMILES string of the molecule is CCCCCC(C)(C)Cn1cc[nH]c1=O. The molecular formula is C12H22N2O. The van der Waals surface area contributed by atoms with Crippen molar-refractivity contribution in [2.75, 3.05) is 0 Å². The van der Waals surface area contributed by atoms with Crippen LogP contribution in [-0.2, 0) is 6.54 Å². The van der Waals surface area contributed by atoms with E-state index in [0.717, 1.165) is 6.54 Å². The Labute approximate surface area is 91.5 Å². The molecule has 3 heteroatoms. The van der Waals surface area contributed by atoms with Crippen molar-refractivity contribution in [2.45, 2.75) is 53.0 Å². The molecule has 0 saturated carbocycles. The summed E-state index contributed by atoms with van der Waals surface area (Å²) >= 11 is 0. The molecule has 0 aliphatic rings. The van der Waals surface area contributed by atoms with Crippen LogP contribution in [0.2, 0.25) is 0 Å². The first-order chi connectivity index (χ1) is 7.05. The van der Waals surface area contributed by atoms with Gasteiger partial charge in [-0.3, -0.25) is 4.57 Å². The van der Waals surface area contributed by atoms with Gasteiger partial charge in [-0.15, -0.1) is 0 Å². The molecule has 0 amide bonds. The Kier molecular flexibility index (Phi) is 4.18. The Morgan fingerprint density at radius 2 is 2.13 bits per heavy atom. The molecule has 0 bridgehead atoms. The molecule has 1 aromatic rings. The summed E-state index contributed by atoms with van der Waals surface area (Å²) in [5.41, 5.74) is 0.208. The topological polar surface area (TPSA) is 37.8 Å². The predicted molar refractivity (Wildman–Crippen MR) is 63.0 cm³/mol. The fourth-order valence-corrected chi connectivity index (χ4v) is 1.87. The summed E-state index contributed by atoms with van der Waals surface area (Å²) < 4.78 is 1.76. The van der Waals surface area contributed by atoms with Crippen LogP contribution >= 0.6 is 0 Å². The summed E-state index contributed by atoms with van der Waals surface area (Å²) in [7, 11) is 0. The Balaban J connectivity index is 2.49. The van der Waals surface area contributed by atoms with E-state index in [0.29, 0.717) is 0 Å². The molecule has 0 aromatic carbocycles. The van der Waals surface area contributed by atoms with Crippen molar-refractivity contribution in [3.05, 3.63) is 22.9 Å². The third-order valence-electron chi connectivity index (χ3n) is 2.78. The second-order valence-electron chi connectivity index (χ2n) is 5.01. The van der Waals surface area contributed by atoms with Gasteiger partial charge < -0.3 is 4.98 Å². The highest BCUT2D eigenvalue weighted by molar-refractivity contribution is 4.80. The molecule has 0 atom stereocenters. The third kappa shape index (κ3) is 3.94. The Bertz CT molecular complexity index is 335. The van der Waals surface area contributed by atoms with Crippen LogP contribution in [-0.4, -0.2) is 9.55 Å². The quantitative estimate of drug-likeness (QED) is 0.720. The summed E-state index contributed by atoms with van der Waals surface area (Å²) in [6.07, 6.45) is 8.49. The number of unbranched alkanes of at least 4 members (excludes halogenated alkanes) is 2. The van der Waals surface area contributed by atoms with E-state index in [1.165, 1.54) is 25.7 Å². The summed E-state index contributed by atoms with van der Waals surface area (Å²) in [6, 6.07) is 0. The van der Waals surface area contributed by atoms with Crippen molar-refractivity contribution in [1.82, 2.24) is 9.55 Å². The molecule has 1 N–H and O–H groups in total. The number of imidazole rings is 1. The largest absolute Gasteiger partial charge is 0.325 e. The third-order valence-corrected chi connectivity index (χ3v) is 2.78. The van der Waals surface area contributed by atoms with Crippen LogP contribution in [0.3, 0.4) is 0 Å². The summed E-state index contributed by atoms with van der Waals surface area (Å²) in [5.74, 6) is 0. The summed E-state index contributed by atoms with van der Waals surface area (Å²) in [5, 5.41) is 0. The first-order valence-electron chi connectivity index (χ1n) is 5.79. The lowest BCUT2D eigenvalue weighted by atomic mass is 9.87. The lowest BCUT2D eigenvalue weighted by molar-refractivity contribution is 0.268. The zero-order chi connectivity index (χ0) is 11.3. The number of nitrogens with one attached hydrogen (secondary N) is 1. The lowest BCUT2D eigenvalue weighted by Crippen LogP contribution is -2.26. The number of hydrogen-bond acceptors (Lipinski definition) is 1. The van der Waals surface area contributed by atoms with Gasteiger partial charge in [0.2, 0.25) is 0 Å². The minimum atomic E-state index is -0.00133. The molecule has 15 heavy (non-hydrogen) atoms. The fourth-order valence-electron chi connectivity index (χ4n) is 1.87. The minimum absolute atomic E-state index is 0.00133. The number of aromatic amines is 1. The molecule has 0 unspecified atom stereocenters.